The monoisotopic (exact) mass is 216 g/mol. The molecular formula is C11H13NaO3. The normalized spacial score (nSPS) is 11.8. The second kappa shape index (κ2) is 5.45. The molecule has 0 saturated carbocycles. The summed E-state index contributed by atoms with van der Waals surface area (Å²) in [7, 11) is 1.62. The quantitative estimate of drug-likeness (QED) is 0.566. The van der Waals surface area contributed by atoms with Crippen LogP contribution in [0.3, 0.4) is 0 Å². The van der Waals surface area contributed by atoms with Crippen molar-refractivity contribution in [3.8, 4) is 17.2 Å². The van der Waals surface area contributed by atoms with E-state index in [1.807, 2.05) is 18.2 Å². The van der Waals surface area contributed by atoms with E-state index in [9.17, 15) is 0 Å². The van der Waals surface area contributed by atoms with Gasteiger partial charge in [0.2, 0.25) is 12.5 Å². The first-order valence-corrected chi connectivity index (χ1v) is 4.42. The number of allylic oxidation sites excluding steroid dienone is 1. The van der Waals surface area contributed by atoms with Gasteiger partial charge in [-0.05, 0) is 24.1 Å². The summed E-state index contributed by atoms with van der Waals surface area (Å²) in [6.07, 6.45) is 2.64. The molecule has 0 aromatic heterocycles. The van der Waals surface area contributed by atoms with Gasteiger partial charge in [0.15, 0.2) is 11.5 Å². The number of hydrogen-bond donors (Lipinski definition) is 0. The zero-order valence-electron chi connectivity index (χ0n) is 8.08. The van der Waals surface area contributed by atoms with Crippen LogP contribution in [0, 0.1) is 0 Å². The van der Waals surface area contributed by atoms with Gasteiger partial charge in [-0.1, -0.05) is 6.08 Å². The number of hydrogen-bond acceptors (Lipinski definition) is 3. The fourth-order valence-electron chi connectivity index (χ4n) is 1.47. The molecule has 0 aliphatic carbocycles. The minimum absolute atomic E-state index is 0. The average molecular weight is 216 g/mol. The van der Waals surface area contributed by atoms with E-state index in [1.54, 1.807) is 7.11 Å². The number of methoxy groups -OCH3 is 1. The molecule has 4 heteroatoms. The van der Waals surface area contributed by atoms with E-state index in [4.69, 9.17) is 14.2 Å². The third kappa shape index (κ3) is 2.48. The first kappa shape index (κ1) is 12.4. The Labute approximate surface area is 111 Å². The van der Waals surface area contributed by atoms with Gasteiger partial charge in [0, 0.05) is 0 Å². The van der Waals surface area contributed by atoms with Gasteiger partial charge in [-0.25, -0.2) is 0 Å². The van der Waals surface area contributed by atoms with Crippen LogP contribution in [0.4, 0.5) is 0 Å². The standard InChI is InChI=1S/C11H12O3.Na.H/c1-3-4-8-5-9(12-2)11-10(6-8)13-7-14-11;;/h3,5-6H,1,4,7H2,2H3;;. The number of benzene rings is 1. The summed E-state index contributed by atoms with van der Waals surface area (Å²) < 4.78 is 15.8. The zero-order valence-corrected chi connectivity index (χ0v) is 8.08. The van der Waals surface area contributed by atoms with Gasteiger partial charge < -0.3 is 14.2 Å². The van der Waals surface area contributed by atoms with Crippen LogP contribution in [-0.4, -0.2) is 43.5 Å². The minimum atomic E-state index is 0. The van der Waals surface area contributed by atoms with E-state index in [1.165, 1.54) is 0 Å². The summed E-state index contributed by atoms with van der Waals surface area (Å²) in [5, 5.41) is 0. The van der Waals surface area contributed by atoms with Crippen molar-refractivity contribution >= 4 is 29.6 Å². The van der Waals surface area contributed by atoms with Crippen molar-refractivity contribution in [2.45, 2.75) is 6.42 Å². The van der Waals surface area contributed by atoms with E-state index in [2.05, 4.69) is 6.58 Å². The Morgan fingerprint density at radius 3 is 2.93 bits per heavy atom. The van der Waals surface area contributed by atoms with E-state index in [0.29, 0.717) is 5.75 Å². The Morgan fingerprint density at radius 2 is 2.27 bits per heavy atom. The van der Waals surface area contributed by atoms with Crippen LogP contribution in [0.1, 0.15) is 5.56 Å². The first-order valence-electron chi connectivity index (χ1n) is 4.42. The molecule has 15 heavy (non-hydrogen) atoms. The summed E-state index contributed by atoms with van der Waals surface area (Å²) in [4.78, 5) is 0. The van der Waals surface area contributed by atoms with Gasteiger partial charge in [-0.3, -0.25) is 0 Å². The Balaban J connectivity index is 0.00000112. The van der Waals surface area contributed by atoms with Crippen molar-refractivity contribution in [3.63, 3.8) is 0 Å². The molecule has 76 valence electrons. The molecule has 1 aliphatic rings. The van der Waals surface area contributed by atoms with Crippen LogP contribution in [0.25, 0.3) is 0 Å². The summed E-state index contributed by atoms with van der Waals surface area (Å²) in [5.74, 6) is 2.17. The Morgan fingerprint density at radius 1 is 1.47 bits per heavy atom. The summed E-state index contributed by atoms with van der Waals surface area (Å²) in [6.45, 7) is 3.96. The maximum atomic E-state index is 5.29. The van der Waals surface area contributed by atoms with Crippen LogP contribution in [0.15, 0.2) is 24.8 Å². The van der Waals surface area contributed by atoms with Crippen molar-refractivity contribution in [2.75, 3.05) is 13.9 Å². The molecule has 0 N–H and O–H groups in total. The van der Waals surface area contributed by atoms with Crippen molar-refractivity contribution in [2.24, 2.45) is 0 Å². The number of fused-ring (bicyclic) bond motifs is 1. The summed E-state index contributed by atoms with van der Waals surface area (Å²) in [6, 6.07) is 3.89. The fraction of sp³-hybridized carbons (Fsp3) is 0.273. The number of ether oxygens (including phenoxy) is 3. The molecule has 1 aromatic rings. The predicted octanol–water partition coefficient (Wildman–Crippen LogP) is 1.50. The van der Waals surface area contributed by atoms with Gasteiger partial charge in [0.25, 0.3) is 0 Å². The summed E-state index contributed by atoms with van der Waals surface area (Å²) in [5.41, 5.74) is 1.11. The van der Waals surface area contributed by atoms with Crippen LogP contribution in [0.2, 0.25) is 0 Å². The molecule has 0 atom stereocenters. The van der Waals surface area contributed by atoms with Gasteiger partial charge in [-0.15, -0.1) is 6.58 Å². The van der Waals surface area contributed by atoms with Gasteiger partial charge in [-0.2, -0.15) is 0 Å². The molecule has 3 nitrogen and oxygen atoms in total. The van der Waals surface area contributed by atoms with Gasteiger partial charge >= 0.3 is 29.6 Å². The molecular weight excluding hydrogens is 203 g/mol. The first-order chi connectivity index (χ1) is 6.85. The molecule has 1 aliphatic heterocycles. The number of rotatable bonds is 3. The molecule has 1 heterocycles. The summed E-state index contributed by atoms with van der Waals surface area (Å²) >= 11 is 0. The van der Waals surface area contributed by atoms with E-state index in [0.717, 1.165) is 23.5 Å². The molecule has 2 rings (SSSR count). The molecule has 0 fully saturated rings. The van der Waals surface area contributed by atoms with E-state index in [-0.39, 0.29) is 36.4 Å². The third-order valence-corrected chi connectivity index (χ3v) is 2.10. The van der Waals surface area contributed by atoms with Crippen LogP contribution in [0.5, 0.6) is 17.2 Å². The van der Waals surface area contributed by atoms with Crippen molar-refractivity contribution in [3.05, 3.63) is 30.4 Å². The van der Waals surface area contributed by atoms with Crippen LogP contribution < -0.4 is 14.2 Å². The molecule has 0 amide bonds. The van der Waals surface area contributed by atoms with E-state index >= 15 is 0 Å². The molecule has 0 unspecified atom stereocenters. The maximum absolute atomic E-state index is 5.29. The predicted molar refractivity (Wildman–Crippen MR) is 60.2 cm³/mol. The second-order valence-electron chi connectivity index (χ2n) is 3.02. The Hall–Kier alpha value is -0.640. The Bertz CT molecular complexity index is 363. The molecule has 1 aromatic carbocycles. The van der Waals surface area contributed by atoms with Crippen LogP contribution >= 0.6 is 0 Å². The van der Waals surface area contributed by atoms with Crippen molar-refractivity contribution in [1.29, 1.82) is 0 Å². The average Bonchev–Trinajstić information content (AvgIpc) is 2.65. The van der Waals surface area contributed by atoms with E-state index < -0.39 is 0 Å². The SMILES string of the molecule is C=CCc1cc(OC)c2c(c1)OCO2.[NaH]. The third-order valence-electron chi connectivity index (χ3n) is 2.10. The molecule has 0 bridgehead atoms. The van der Waals surface area contributed by atoms with Gasteiger partial charge in [0.05, 0.1) is 7.11 Å². The molecule has 0 radical (unpaired) electrons. The van der Waals surface area contributed by atoms with Crippen molar-refractivity contribution < 1.29 is 14.2 Å². The molecule has 0 spiro atoms. The van der Waals surface area contributed by atoms with Crippen LogP contribution in [-0.2, 0) is 6.42 Å². The van der Waals surface area contributed by atoms with Crippen molar-refractivity contribution in [1.82, 2.24) is 0 Å². The van der Waals surface area contributed by atoms with Gasteiger partial charge in [0.1, 0.15) is 0 Å². The fourth-order valence-corrected chi connectivity index (χ4v) is 1.47. The zero-order chi connectivity index (χ0) is 9.97. The second-order valence-corrected chi connectivity index (χ2v) is 3.02. The topological polar surface area (TPSA) is 27.7 Å². The molecule has 0 saturated heterocycles. The Kier molecular flexibility index (Phi) is 4.51.